The molecule has 2 aromatic carbocycles. The molecule has 92 heavy (non-hydrogen) atoms. The first-order valence-electron chi connectivity index (χ1n) is 29.9. The number of aliphatic imine (C=N–C) groups is 2. The third-order valence-electron chi connectivity index (χ3n) is 15.9. The van der Waals surface area contributed by atoms with Gasteiger partial charge in [0.05, 0.1) is 68.3 Å². The predicted molar refractivity (Wildman–Crippen MR) is 349 cm³/mol. The Hall–Kier alpha value is -7.37. The third-order valence-corrected chi connectivity index (χ3v) is 20.4. The number of amides is 2. The lowest BCUT2D eigenvalue weighted by atomic mass is 9.84. The van der Waals surface area contributed by atoms with Gasteiger partial charge in [-0.1, -0.05) is 67.1 Å². The van der Waals surface area contributed by atoms with Crippen LogP contribution in [0.2, 0.25) is 25.7 Å². The van der Waals surface area contributed by atoms with Gasteiger partial charge in [0.1, 0.15) is 44.8 Å². The highest BCUT2D eigenvalue weighted by Gasteiger charge is 2.73. The largest absolute Gasteiger partial charge is 0.480 e. The van der Waals surface area contributed by atoms with Crippen LogP contribution in [0.3, 0.4) is 0 Å². The van der Waals surface area contributed by atoms with Crippen LogP contribution in [0.25, 0.3) is 23.8 Å². The fourth-order valence-corrected chi connectivity index (χ4v) is 14.6. The molecule has 0 spiro atoms. The van der Waals surface area contributed by atoms with Crippen LogP contribution in [0.5, 0.6) is 11.8 Å². The highest BCUT2D eigenvalue weighted by Crippen LogP contribution is 2.68. The number of halogens is 4. The van der Waals surface area contributed by atoms with Gasteiger partial charge in [-0.3, -0.25) is 19.6 Å². The molecule has 2 saturated heterocycles. The molecule has 0 unspecified atom stereocenters. The van der Waals surface area contributed by atoms with E-state index in [-0.39, 0.29) is 94.4 Å². The Bertz CT molecular complexity index is 3580. The second-order valence-corrected chi connectivity index (χ2v) is 33.7. The summed E-state index contributed by atoms with van der Waals surface area (Å²) in [6.45, 7) is 23.6. The van der Waals surface area contributed by atoms with Crippen molar-refractivity contribution in [2.75, 3.05) is 66.1 Å². The molecule has 492 valence electrons. The molecule has 0 radical (unpaired) electrons. The number of carbonyl (C=O) groups excluding carboxylic acids is 2. The van der Waals surface area contributed by atoms with E-state index < -0.39 is 75.5 Å². The molecule has 6 aliphatic rings. The molecular weight excluding hydrogens is 1250 g/mol. The van der Waals surface area contributed by atoms with Gasteiger partial charge in [-0.05, 0) is 115 Å². The molecule has 20 nitrogen and oxygen atoms in total. The first-order valence-corrected chi connectivity index (χ1v) is 35.3. The molecule has 6 heterocycles. The lowest BCUT2D eigenvalue weighted by Gasteiger charge is -2.39. The minimum Gasteiger partial charge on any atom is -0.480 e. The number of carboxylic acids is 1. The van der Waals surface area contributed by atoms with Crippen LogP contribution in [0.15, 0.2) is 71.2 Å². The Kier molecular flexibility index (Phi) is 22.4. The molecule has 4 N–H and O–H groups in total. The van der Waals surface area contributed by atoms with Gasteiger partial charge in [-0.15, -0.1) is 12.8 Å². The normalized spacial score (nSPS) is 25.8. The number of carbonyl (C=O) groups is 3. The summed E-state index contributed by atoms with van der Waals surface area (Å²) in [5.74, 6) is 0.337. The van der Waals surface area contributed by atoms with Crippen LogP contribution >= 0.6 is 23.5 Å². The van der Waals surface area contributed by atoms with E-state index >= 15 is 17.6 Å². The summed E-state index contributed by atoms with van der Waals surface area (Å²) in [5, 5.41) is 13.9. The summed E-state index contributed by atoms with van der Waals surface area (Å²) in [4.78, 5) is 68.3. The summed E-state index contributed by atoms with van der Waals surface area (Å²) < 4.78 is 91.5. The van der Waals surface area contributed by atoms with Crippen molar-refractivity contribution < 1.29 is 65.5 Å². The zero-order chi connectivity index (χ0) is 67.0. The number of carboxylic acid groups (broad SMARTS) is 1. The molecule has 4 fully saturated rings. The number of nitrogens with one attached hydrogen (secondary N) is 1. The topological polar surface area (TPSA) is 248 Å². The quantitative estimate of drug-likeness (QED) is 0.0292. The van der Waals surface area contributed by atoms with Crippen LogP contribution < -0.4 is 20.5 Å². The van der Waals surface area contributed by atoms with E-state index in [1.54, 1.807) is 40.7 Å². The first-order chi connectivity index (χ1) is 43.5. The maximum Gasteiger partial charge on any atom is 0.418 e. The van der Waals surface area contributed by atoms with Crippen molar-refractivity contribution in [1.82, 2.24) is 35.1 Å². The zero-order valence-corrected chi connectivity index (χ0v) is 55.8. The van der Waals surface area contributed by atoms with Crippen LogP contribution in [0.1, 0.15) is 94.9 Å². The van der Waals surface area contributed by atoms with Gasteiger partial charge in [-0.2, -0.15) is 0 Å². The number of aromatic nitrogens is 4. The Morgan fingerprint density at radius 3 is 1.84 bits per heavy atom. The molecule has 2 saturated carbocycles. The maximum absolute atomic E-state index is 15.7. The van der Waals surface area contributed by atoms with E-state index in [9.17, 15) is 19.5 Å². The van der Waals surface area contributed by atoms with Crippen LogP contribution in [0, 0.1) is 48.2 Å². The Morgan fingerprint density at radius 2 is 1.37 bits per heavy atom. The molecule has 2 amide bonds. The van der Waals surface area contributed by atoms with Crippen molar-refractivity contribution in [3.63, 3.8) is 0 Å². The van der Waals surface area contributed by atoms with Crippen molar-refractivity contribution >= 4 is 83.7 Å². The van der Waals surface area contributed by atoms with E-state index in [0.717, 1.165) is 43.6 Å². The van der Waals surface area contributed by atoms with E-state index in [4.69, 9.17) is 52.0 Å². The summed E-state index contributed by atoms with van der Waals surface area (Å²) in [6, 6.07) is 9.61. The van der Waals surface area contributed by atoms with Crippen molar-refractivity contribution in [2.45, 2.75) is 125 Å². The lowest BCUT2D eigenvalue weighted by Crippen LogP contribution is -2.53. The number of nitrogens with two attached hydrogens (primary N) is 1. The van der Waals surface area contributed by atoms with Gasteiger partial charge < -0.3 is 49.5 Å². The second-order valence-electron chi connectivity index (χ2n) is 25.5. The van der Waals surface area contributed by atoms with Gasteiger partial charge in [-0.25, -0.2) is 47.2 Å². The van der Waals surface area contributed by atoms with Crippen molar-refractivity contribution in [1.29, 1.82) is 0 Å². The minimum absolute atomic E-state index is 0.0158. The van der Waals surface area contributed by atoms with Crippen LogP contribution in [-0.4, -0.2) is 164 Å². The van der Waals surface area contributed by atoms with Gasteiger partial charge in [0, 0.05) is 56.8 Å². The molecule has 8 atom stereocenters. The number of aliphatic carboxylic acids is 1. The number of rotatable bonds is 17. The summed E-state index contributed by atoms with van der Waals surface area (Å²) in [5.41, 5.74) is 3.73. The van der Waals surface area contributed by atoms with E-state index in [0.29, 0.717) is 44.4 Å². The number of hydrogen-bond donors (Lipinski definition) is 3. The zero-order valence-electron chi connectivity index (χ0n) is 53.2. The molecule has 0 bridgehead atoms. The summed E-state index contributed by atoms with van der Waals surface area (Å²) in [6.07, 6.45) is 17.6. The molecule has 10 rings (SSSR count). The third kappa shape index (κ3) is 16.9. The van der Waals surface area contributed by atoms with E-state index in [2.05, 4.69) is 68.7 Å². The van der Waals surface area contributed by atoms with Gasteiger partial charge >= 0.3 is 12.1 Å². The number of amidine groups is 2. The van der Waals surface area contributed by atoms with E-state index in [1.807, 2.05) is 11.8 Å². The summed E-state index contributed by atoms with van der Waals surface area (Å²) >= 11 is 2.19. The Morgan fingerprint density at radius 1 is 0.826 bits per heavy atom. The molecule has 2 aromatic heterocycles. The van der Waals surface area contributed by atoms with E-state index in [1.165, 1.54) is 77.9 Å². The standard InChI is InChI=1S/C33H40F2N4O6SSi.C27H27F2N5O3S.C5H11NO/c1-9-12-44-27-19-36-25(18-37-27)24(35)16-21-10-11-23(34)22(15-21)32(5)26-17-33(26,28(40)41)46-29(38-32)39(30(42)45-31(2,3)4)20-43-13-14-47(6,7)8;1-4-8-37-23-14-31-21(13-32-23)20(29)11-17-5-6-19(28)18(10-17)26(3)22-12-27(22,38-25(30)33-26)24(35)34-7-9-36-15-16(34)2;1-5-4-7-3-2-6-5/h1,10-11,15-16,18-19,26H,12-14,17,20H2,2-8H3,(H,40,41);1,5-6,10-11,13-14,16,22H,7-9,12,15H2,2-3H3,(H2,30,33);5-6H,2-4H2,1H3/b24-16-;20-11-;/t26-,32+,33-;16-,22+,26-,27+;5-/m011/s1. The van der Waals surface area contributed by atoms with Gasteiger partial charge in [0.2, 0.25) is 17.7 Å². The fourth-order valence-electron chi connectivity index (χ4n) is 10.9. The van der Waals surface area contributed by atoms with Crippen molar-refractivity contribution in [3.8, 4) is 36.4 Å². The lowest BCUT2D eigenvalue weighted by molar-refractivity contribution is -0.140. The predicted octanol–water partition coefficient (Wildman–Crippen LogP) is 10.2. The number of nitrogens with zero attached hydrogens (tertiary/aromatic N) is 8. The molecule has 4 aliphatic heterocycles. The number of fused-ring (bicyclic) bond motifs is 2. The second kappa shape index (κ2) is 29.3. The molecule has 2 aliphatic carbocycles. The smallest absolute Gasteiger partial charge is 0.418 e. The summed E-state index contributed by atoms with van der Waals surface area (Å²) in [7, 11) is -1.45. The van der Waals surface area contributed by atoms with Crippen LogP contribution in [0.4, 0.5) is 22.4 Å². The number of morpholine rings is 2. The Labute approximate surface area is 543 Å². The average Bonchev–Trinajstić information content (AvgIpc) is 1.53. The first kappa shape index (κ1) is 70.5. The molecule has 27 heteroatoms. The van der Waals surface area contributed by atoms with Gasteiger partial charge in [0.25, 0.3) is 0 Å². The number of ether oxygens (including phenoxy) is 6. The molecular formula is C65H78F4N10O10S2Si. The maximum atomic E-state index is 15.7. The highest BCUT2D eigenvalue weighted by atomic mass is 32.2. The average molecular weight is 1330 g/mol. The number of hydrogen-bond acceptors (Lipinski definition) is 19. The monoisotopic (exact) mass is 1330 g/mol. The fraction of sp³-hybridized carbons (Fsp3) is 0.492. The number of benzene rings is 2. The van der Waals surface area contributed by atoms with Crippen molar-refractivity contribution in [3.05, 3.63) is 106 Å². The highest BCUT2D eigenvalue weighted by molar-refractivity contribution is 8.16. The van der Waals surface area contributed by atoms with Gasteiger partial charge in [0.15, 0.2) is 35.2 Å². The van der Waals surface area contributed by atoms with Crippen LogP contribution in [-0.2, 0) is 39.6 Å². The molecule has 4 aromatic rings. The Balaban J connectivity index is 0.000000217. The minimum atomic E-state index is -1.45. The SMILES string of the molecule is C#CCOc1cnc(/C(F)=C/c2ccc(F)c([C@@]3(C)N=C(N(COCC[Si](C)(C)C)C(=O)OC(C)(C)C)S[C@@]4(C(=O)O)C[C@H]43)c2)cn1.C#CCOc1cnc(/C(F)=C/c2ccc(F)c([C@@]3(C)N=C(N)S[C@@]4(C(=O)N5CCOC[C@H]5C)C[C@H]43)c2)cn1.C[C@@H]1COCCN1. The number of thioether (sulfide) groups is 2. The number of terminal acetylenes is 2. The van der Waals surface area contributed by atoms with Crippen molar-refractivity contribution in [2.24, 2.45) is 27.6 Å².